The molecule has 2 aromatic carbocycles. The number of benzene rings is 2. The molecule has 1 saturated heterocycles. The number of para-hydroxylation sites is 2. The van der Waals surface area contributed by atoms with Crippen molar-refractivity contribution in [2.75, 3.05) is 25.5 Å². The highest BCUT2D eigenvalue weighted by atomic mass is 16.5. The zero-order chi connectivity index (χ0) is 19.1. The monoisotopic (exact) mass is 368 g/mol. The summed E-state index contributed by atoms with van der Waals surface area (Å²) in [7, 11) is 1.59. The predicted molar refractivity (Wildman–Crippen MR) is 103 cm³/mol. The number of ether oxygens (including phenoxy) is 2. The number of methoxy groups -OCH3 is 1. The van der Waals surface area contributed by atoms with Gasteiger partial charge in [0.25, 0.3) is 0 Å². The number of nitrogens with zero attached hydrogens (tertiary/aromatic N) is 1. The number of rotatable bonds is 6. The van der Waals surface area contributed by atoms with Gasteiger partial charge in [-0.1, -0.05) is 18.6 Å². The molecule has 0 radical (unpaired) electrons. The van der Waals surface area contributed by atoms with Gasteiger partial charge in [0.2, 0.25) is 11.8 Å². The molecule has 3 rings (SSSR count). The molecule has 0 saturated carbocycles. The molecule has 0 bridgehead atoms. The Morgan fingerprint density at radius 3 is 2.52 bits per heavy atom. The minimum Gasteiger partial charge on any atom is -0.493 e. The fraction of sp³-hybridized carbons (Fsp3) is 0.333. The first-order valence-electron chi connectivity index (χ1n) is 9.14. The summed E-state index contributed by atoms with van der Waals surface area (Å²) in [6.07, 6.45) is 3.43. The number of carbonyl (C=O) groups is 2. The van der Waals surface area contributed by atoms with Crippen molar-refractivity contribution in [2.24, 2.45) is 0 Å². The van der Waals surface area contributed by atoms with Crippen LogP contribution < -0.4 is 14.8 Å². The van der Waals surface area contributed by atoms with Crippen LogP contribution in [-0.4, -0.2) is 36.9 Å². The third-order valence-corrected chi connectivity index (χ3v) is 4.44. The van der Waals surface area contributed by atoms with Crippen LogP contribution in [0.25, 0.3) is 0 Å². The van der Waals surface area contributed by atoms with Gasteiger partial charge >= 0.3 is 0 Å². The van der Waals surface area contributed by atoms with Crippen molar-refractivity contribution in [1.82, 2.24) is 4.90 Å². The molecule has 0 aromatic heterocycles. The highest BCUT2D eigenvalue weighted by Crippen LogP contribution is 2.31. The van der Waals surface area contributed by atoms with Crippen molar-refractivity contribution >= 4 is 17.5 Å². The lowest BCUT2D eigenvalue weighted by Crippen LogP contribution is -2.37. The lowest BCUT2D eigenvalue weighted by molar-refractivity contribution is -0.134. The van der Waals surface area contributed by atoms with Gasteiger partial charge in [-0.25, -0.2) is 0 Å². The van der Waals surface area contributed by atoms with Crippen molar-refractivity contribution in [3.63, 3.8) is 0 Å². The summed E-state index contributed by atoms with van der Waals surface area (Å²) in [5.41, 5.74) is 0.662. The van der Waals surface area contributed by atoms with Crippen molar-refractivity contribution in [3.8, 4) is 17.2 Å². The lowest BCUT2D eigenvalue weighted by Gasteiger charge is -2.19. The number of nitrogens with one attached hydrogen (secondary N) is 1. The molecule has 2 amide bonds. The normalized spacial score (nSPS) is 14.4. The molecule has 1 aliphatic heterocycles. The number of carbonyl (C=O) groups excluding carboxylic acids is 2. The van der Waals surface area contributed by atoms with E-state index in [0.29, 0.717) is 35.9 Å². The van der Waals surface area contributed by atoms with Crippen LogP contribution in [0.2, 0.25) is 0 Å². The van der Waals surface area contributed by atoms with E-state index in [1.807, 2.05) is 24.3 Å². The van der Waals surface area contributed by atoms with Gasteiger partial charge < -0.3 is 19.7 Å². The molecule has 0 aliphatic carbocycles. The van der Waals surface area contributed by atoms with Gasteiger partial charge in [-0.2, -0.15) is 0 Å². The van der Waals surface area contributed by atoms with Crippen LogP contribution in [0.1, 0.15) is 25.7 Å². The van der Waals surface area contributed by atoms with E-state index in [1.54, 1.807) is 36.3 Å². The van der Waals surface area contributed by atoms with Gasteiger partial charge in [0.15, 0.2) is 11.5 Å². The summed E-state index contributed by atoms with van der Waals surface area (Å²) in [6.45, 7) is 0.746. The van der Waals surface area contributed by atoms with Crippen LogP contribution in [0.4, 0.5) is 5.69 Å². The summed E-state index contributed by atoms with van der Waals surface area (Å²) in [4.78, 5) is 25.9. The quantitative estimate of drug-likeness (QED) is 0.841. The van der Waals surface area contributed by atoms with E-state index in [4.69, 9.17) is 9.47 Å². The van der Waals surface area contributed by atoms with Gasteiger partial charge in [-0.15, -0.1) is 0 Å². The molecule has 0 atom stereocenters. The second-order valence-corrected chi connectivity index (χ2v) is 6.45. The fourth-order valence-electron chi connectivity index (χ4n) is 3.02. The molecule has 1 fully saturated rings. The van der Waals surface area contributed by atoms with Gasteiger partial charge in [-0.05, 0) is 49.2 Å². The largest absolute Gasteiger partial charge is 0.493 e. The number of likely N-dealkylation sites (tertiary alicyclic amines) is 1. The minimum absolute atomic E-state index is 0.0585. The third kappa shape index (κ3) is 5.23. The van der Waals surface area contributed by atoms with Crippen molar-refractivity contribution in [3.05, 3.63) is 48.5 Å². The Morgan fingerprint density at radius 2 is 1.78 bits per heavy atom. The molecule has 0 unspecified atom stereocenters. The van der Waals surface area contributed by atoms with Crippen LogP contribution >= 0.6 is 0 Å². The Kier molecular flexibility index (Phi) is 6.30. The summed E-state index contributed by atoms with van der Waals surface area (Å²) in [5, 5.41) is 2.83. The van der Waals surface area contributed by atoms with Gasteiger partial charge in [0, 0.05) is 18.7 Å². The predicted octanol–water partition coefficient (Wildman–Crippen LogP) is 3.83. The highest BCUT2D eigenvalue weighted by molar-refractivity contribution is 5.94. The first kappa shape index (κ1) is 18.8. The molecule has 0 spiro atoms. The molecule has 6 heteroatoms. The summed E-state index contributed by atoms with van der Waals surface area (Å²) >= 11 is 0. The zero-order valence-electron chi connectivity index (χ0n) is 15.4. The first-order chi connectivity index (χ1) is 13.2. The average molecular weight is 368 g/mol. The first-order valence-corrected chi connectivity index (χ1v) is 9.14. The maximum Gasteiger partial charge on any atom is 0.243 e. The maximum absolute atomic E-state index is 12.2. The smallest absolute Gasteiger partial charge is 0.243 e. The van der Waals surface area contributed by atoms with Gasteiger partial charge in [-0.3, -0.25) is 9.59 Å². The van der Waals surface area contributed by atoms with E-state index >= 15 is 0 Å². The molecular weight excluding hydrogens is 344 g/mol. The van der Waals surface area contributed by atoms with Crippen molar-refractivity contribution in [2.45, 2.75) is 25.7 Å². The zero-order valence-corrected chi connectivity index (χ0v) is 15.4. The Labute approximate surface area is 159 Å². The lowest BCUT2D eigenvalue weighted by atomic mass is 10.2. The fourth-order valence-corrected chi connectivity index (χ4v) is 3.02. The molecule has 1 heterocycles. The Bertz CT molecular complexity index is 789. The maximum atomic E-state index is 12.2. The molecular formula is C21H24N2O4. The SMILES string of the molecule is COc1ccccc1Oc1ccc(NC(=O)CN2CCCCCC2=O)cc1. The van der Waals surface area contributed by atoms with Crippen LogP contribution in [0.5, 0.6) is 17.2 Å². The van der Waals surface area contributed by atoms with Crippen molar-refractivity contribution in [1.29, 1.82) is 0 Å². The van der Waals surface area contributed by atoms with Crippen LogP contribution in [-0.2, 0) is 9.59 Å². The second-order valence-electron chi connectivity index (χ2n) is 6.45. The number of anilines is 1. The highest BCUT2D eigenvalue weighted by Gasteiger charge is 2.19. The average Bonchev–Trinajstić information content (AvgIpc) is 2.88. The van der Waals surface area contributed by atoms with Crippen LogP contribution in [0, 0.1) is 0 Å². The molecule has 6 nitrogen and oxygen atoms in total. The Morgan fingerprint density at radius 1 is 1.04 bits per heavy atom. The Balaban J connectivity index is 1.57. The number of hydrogen-bond donors (Lipinski definition) is 1. The third-order valence-electron chi connectivity index (χ3n) is 4.44. The molecule has 142 valence electrons. The summed E-state index contributed by atoms with van der Waals surface area (Å²) in [5.74, 6) is 1.78. The molecule has 1 aliphatic rings. The minimum atomic E-state index is -0.191. The van der Waals surface area contributed by atoms with E-state index in [0.717, 1.165) is 19.3 Å². The van der Waals surface area contributed by atoms with Gasteiger partial charge in [0.05, 0.1) is 13.7 Å². The number of amides is 2. The van der Waals surface area contributed by atoms with E-state index in [-0.39, 0.29) is 18.4 Å². The topological polar surface area (TPSA) is 67.9 Å². The van der Waals surface area contributed by atoms with Gasteiger partial charge in [0.1, 0.15) is 5.75 Å². The molecule has 2 aromatic rings. The standard InChI is InChI=1S/C21H24N2O4/c1-26-18-7-4-5-8-19(18)27-17-12-10-16(11-13-17)22-20(24)15-23-14-6-2-3-9-21(23)25/h4-5,7-8,10-13H,2-3,6,9,14-15H2,1H3,(H,22,24). The van der Waals surface area contributed by atoms with Crippen LogP contribution in [0.15, 0.2) is 48.5 Å². The van der Waals surface area contributed by atoms with Crippen LogP contribution in [0.3, 0.4) is 0 Å². The Hall–Kier alpha value is -3.02. The molecule has 1 N–H and O–H groups in total. The van der Waals surface area contributed by atoms with E-state index in [1.165, 1.54) is 0 Å². The van der Waals surface area contributed by atoms with E-state index in [9.17, 15) is 9.59 Å². The summed E-state index contributed by atoms with van der Waals surface area (Å²) in [6, 6.07) is 14.5. The molecule has 27 heavy (non-hydrogen) atoms. The summed E-state index contributed by atoms with van der Waals surface area (Å²) < 4.78 is 11.1. The van der Waals surface area contributed by atoms with Crippen molar-refractivity contribution < 1.29 is 19.1 Å². The second kappa shape index (κ2) is 9.07. The van der Waals surface area contributed by atoms with E-state index < -0.39 is 0 Å². The van der Waals surface area contributed by atoms with E-state index in [2.05, 4.69) is 5.32 Å². The number of hydrogen-bond acceptors (Lipinski definition) is 4.